The molecule has 2 saturated heterocycles. The smallest absolute Gasteiger partial charge is 0.222 e. The van der Waals surface area contributed by atoms with E-state index in [-0.39, 0.29) is 0 Å². The summed E-state index contributed by atoms with van der Waals surface area (Å²) in [6.07, 6.45) is 4.43. The van der Waals surface area contributed by atoms with Gasteiger partial charge in [-0.05, 0) is 25.8 Å². The summed E-state index contributed by atoms with van der Waals surface area (Å²) in [5, 5.41) is 3.36. The van der Waals surface area contributed by atoms with E-state index in [4.69, 9.17) is 4.74 Å². The fourth-order valence-electron chi connectivity index (χ4n) is 3.04. The molecule has 0 radical (unpaired) electrons. The van der Waals surface area contributed by atoms with Gasteiger partial charge < -0.3 is 15.0 Å². The maximum Gasteiger partial charge on any atom is 0.222 e. The molecule has 122 valence electrons. The molecule has 2 aliphatic heterocycles. The Morgan fingerprint density at radius 3 is 2.67 bits per heavy atom. The Labute approximate surface area is 129 Å². The van der Waals surface area contributed by atoms with E-state index in [2.05, 4.69) is 24.1 Å². The molecule has 2 aliphatic rings. The van der Waals surface area contributed by atoms with Crippen LogP contribution >= 0.6 is 0 Å². The zero-order chi connectivity index (χ0) is 15.1. The number of ether oxygens (including phenoxy) is 1. The Kier molecular flexibility index (Phi) is 6.93. The molecule has 1 atom stereocenters. The molecule has 1 N–H and O–H groups in total. The van der Waals surface area contributed by atoms with E-state index in [0.717, 1.165) is 52.3 Å². The van der Waals surface area contributed by atoms with E-state index in [0.29, 0.717) is 24.5 Å². The minimum absolute atomic E-state index is 0.317. The number of rotatable bonds is 7. The van der Waals surface area contributed by atoms with Crippen molar-refractivity contribution in [2.75, 3.05) is 45.9 Å². The Morgan fingerprint density at radius 1 is 1.29 bits per heavy atom. The Bertz CT molecular complexity index is 309. The SMILES string of the molecule is CC(C)NCCCC(=O)N1CCN(CC2CCCO2)CC1. The summed E-state index contributed by atoms with van der Waals surface area (Å²) in [7, 11) is 0. The molecular weight excluding hydrogens is 266 g/mol. The van der Waals surface area contributed by atoms with Gasteiger partial charge in [0.1, 0.15) is 0 Å². The Hall–Kier alpha value is -0.650. The molecule has 2 fully saturated rings. The van der Waals surface area contributed by atoms with Crippen molar-refractivity contribution in [1.82, 2.24) is 15.1 Å². The van der Waals surface area contributed by atoms with Crippen LogP contribution in [0.1, 0.15) is 39.5 Å². The van der Waals surface area contributed by atoms with E-state index in [1.54, 1.807) is 0 Å². The van der Waals surface area contributed by atoms with E-state index in [1.165, 1.54) is 12.8 Å². The highest BCUT2D eigenvalue weighted by Crippen LogP contribution is 2.14. The van der Waals surface area contributed by atoms with Crippen molar-refractivity contribution in [3.63, 3.8) is 0 Å². The zero-order valence-electron chi connectivity index (χ0n) is 13.6. The molecule has 1 amide bonds. The van der Waals surface area contributed by atoms with Crippen LogP contribution in [0, 0.1) is 0 Å². The van der Waals surface area contributed by atoms with Crippen molar-refractivity contribution in [3.05, 3.63) is 0 Å². The number of nitrogens with zero attached hydrogens (tertiary/aromatic N) is 2. The Balaban J connectivity index is 1.58. The molecule has 0 aliphatic carbocycles. The van der Waals surface area contributed by atoms with Crippen LogP contribution in [-0.2, 0) is 9.53 Å². The molecule has 0 aromatic heterocycles. The van der Waals surface area contributed by atoms with Crippen molar-refractivity contribution in [2.45, 2.75) is 51.7 Å². The summed E-state index contributed by atoms with van der Waals surface area (Å²) < 4.78 is 5.69. The third-order valence-corrected chi connectivity index (χ3v) is 4.33. The van der Waals surface area contributed by atoms with E-state index < -0.39 is 0 Å². The number of hydrogen-bond acceptors (Lipinski definition) is 4. The molecule has 0 spiro atoms. The quantitative estimate of drug-likeness (QED) is 0.715. The first-order valence-electron chi connectivity index (χ1n) is 8.50. The average molecular weight is 297 g/mol. The van der Waals surface area contributed by atoms with Crippen LogP contribution in [0.25, 0.3) is 0 Å². The normalized spacial score (nSPS) is 24.0. The molecule has 0 aromatic carbocycles. The lowest BCUT2D eigenvalue weighted by molar-refractivity contribution is -0.133. The van der Waals surface area contributed by atoms with Crippen LogP contribution in [0.2, 0.25) is 0 Å². The summed E-state index contributed by atoms with van der Waals surface area (Å²) in [5.41, 5.74) is 0. The maximum atomic E-state index is 12.1. The van der Waals surface area contributed by atoms with Gasteiger partial charge in [0.2, 0.25) is 5.91 Å². The van der Waals surface area contributed by atoms with Crippen molar-refractivity contribution in [3.8, 4) is 0 Å². The number of amides is 1. The van der Waals surface area contributed by atoms with Crippen molar-refractivity contribution >= 4 is 5.91 Å². The first-order chi connectivity index (χ1) is 10.1. The zero-order valence-corrected chi connectivity index (χ0v) is 13.6. The largest absolute Gasteiger partial charge is 0.377 e. The van der Waals surface area contributed by atoms with Crippen LogP contribution in [0.15, 0.2) is 0 Å². The van der Waals surface area contributed by atoms with Gasteiger partial charge in [0.05, 0.1) is 6.10 Å². The lowest BCUT2D eigenvalue weighted by Crippen LogP contribution is -2.50. The van der Waals surface area contributed by atoms with Gasteiger partial charge in [-0.2, -0.15) is 0 Å². The highest BCUT2D eigenvalue weighted by molar-refractivity contribution is 5.76. The number of carbonyl (C=O) groups excluding carboxylic acids is 1. The number of nitrogens with one attached hydrogen (secondary N) is 1. The third kappa shape index (κ3) is 5.93. The highest BCUT2D eigenvalue weighted by atomic mass is 16.5. The molecule has 2 heterocycles. The maximum absolute atomic E-state index is 12.1. The molecule has 0 aromatic rings. The van der Waals surface area contributed by atoms with Crippen molar-refractivity contribution in [2.24, 2.45) is 0 Å². The summed E-state index contributed by atoms with van der Waals surface area (Å²) in [6.45, 7) is 10.9. The summed E-state index contributed by atoms with van der Waals surface area (Å²) in [5.74, 6) is 0.317. The second-order valence-electron chi connectivity index (χ2n) is 6.53. The lowest BCUT2D eigenvalue weighted by atomic mass is 10.2. The summed E-state index contributed by atoms with van der Waals surface area (Å²) in [4.78, 5) is 16.6. The van der Waals surface area contributed by atoms with Crippen LogP contribution in [-0.4, -0.2) is 73.7 Å². The predicted molar refractivity (Wildman–Crippen MR) is 84.4 cm³/mol. The van der Waals surface area contributed by atoms with E-state index >= 15 is 0 Å². The van der Waals surface area contributed by atoms with Gasteiger partial charge in [0, 0.05) is 51.8 Å². The second kappa shape index (κ2) is 8.71. The van der Waals surface area contributed by atoms with E-state index in [9.17, 15) is 4.79 Å². The summed E-state index contributed by atoms with van der Waals surface area (Å²) >= 11 is 0. The molecule has 0 bridgehead atoms. The minimum atomic E-state index is 0.317. The van der Waals surface area contributed by atoms with Crippen molar-refractivity contribution in [1.29, 1.82) is 0 Å². The average Bonchev–Trinajstić information content (AvgIpc) is 2.97. The Morgan fingerprint density at radius 2 is 2.05 bits per heavy atom. The molecule has 0 saturated carbocycles. The molecular formula is C16H31N3O2. The first kappa shape index (κ1) is 16.7. The predicted octanol–water partition coefficient (Wildman–Crippen LogP) is 1.09. The van der Waals surface area contributed by atoms with Gasteiger partial charge in [-0.25, -0.2) is 0 Å². The fourth-order valence-corrected chi connectivity index (χ4v) is 3.04. The van der Waals surface area contributed by atoms with Gasteiger partial charge in [-0.3, -0.25) is 9.69 Å². The number of carbonyl (C=O) groups is 1. The standard InChI is InChI=1S/C16H31N3O2/c1-14(2)17-7-3-6-16(20)19-10-8-18(9-11-19)13-15-5-4-12-21-15/h14-15,17H,3-13H2,1-2H3. The van der Waals surface area contributed by atoms with Crippen molar-refractivity contribution < 1.29 is 9.53 Å². The van der Waals surface area contributed by atoms with Gasteiger partial charge in [-0.15, -0.1) is 0 Å². The molecule has 2 rings (SSSR count). The van der Waals surface area contributed by atoms with E-state index in [1.807, 2.05) is 4.90 Å². The molecule has 21 heavy (non-hydrogen) atoms. The lowest BCUT2D eigenvalue weighted by Gasteiger charge is -2.35. The first-order valence-corrected chi connectivity index (χ1v) is 8.50. The van der Waals surface area contributed by atoms with Crippen LogP contribution in [0.3, 0.4) is 0 Å². The van der Waals surface area contributed by atoms with Gasteiger partial charge >= 0.3 is 0 Å². The fraction of sp³-hybridized carbons (Fsp3) is 0.938. The number of hydrogen-bond donors (Lipinski definition) is 1. The molecule has 5 nitrogen and oxygen atoms in total. The second-order valence-corrected chi connectivity index (χ2v) is 6.53. The number of piperazine rings is 1. The molecule has 5 heteroatoms. The van der Waals surface area contributed by atoms with Crippen LogP contribution in [0.4, 0.5) is 0 Å². The van der Waals surface area contributed by atoms with Gasteiger partial charge in [0.25, 0.3) is 0 Å². The summed E-state index contributed by atoms with van der Waals surface area (Å²) in [6, 6.07) is 0.501. The van der Waals surface area contributed by atoms with Gasteiger partial charge in [0.15, 0.2) is 0 Å². The van der Waals surface area contributed by atoms with Crippen LogP contribution < -0.4 is 5.32 Å². The molecule has 1 unspecified atom stereocenters. The topological polar surface area (TPSA) is 44.8 Å². The minimum Gasteiger partial charge on any atom is -0.377 e. The third-order valence-electron chi connectivity index (χ3n) is 4.33. The van der Waals surface area contributed by atoms with Gasteiger partial charge in [-0.1, -0.05) is 13.8 Å². The van der Waals surface area contributed by atoms with Crippen LogP contribution in [0.5, 0.6) is 0 Å². The monoisotopic (exact) mass is 297 g/mol. The highest BCUT2D eigenvalue weighted by Gasteiger charge is 2.24.